The molecule has 0 heterocycles. The van der Waals surface area contributed by atoms with Gasteiger partial charge in [0, 0.05) is 0 Å². The van der Waals surface area contributed by atoms with Crippen LogP contribution in [0.5, 0.6) is 0 Å². The van der Waals surface area contributed by atoms with Crippen molar-refractivity contribution < 1.29 is 49.0 Å². The third-order valence-electron chi connectivity index (χ3n) is 6.51. The van der Waals surface area contributed by atoms with Crippen LogP contribution in [-0.2, 0) is 37.1 Å². The molecule has 3 heteroatoms. The summed E-state index contributed by atoms with van der Waals surface area (Å²) in [5.74, 6) is 0.560. The van der Waals surface area contributed by atoms with Crippen molar-refractivity contribution in [1.82, 2.24) is 0 Å². The van der Waals surface area contributed by atoms with Gasteiger partial charge in [0.1, 0.15) is 0 Å². The molecule has 0 fully saturated rings. The topological polar surface area (TPSA) is 0 Å². The fourth-order valence-electron chi connectivity index (χ4n) is 4.15. The maximum Gasteiger partial charge on any atom is -0.0512 e. The van der Waals surface area contributed by atoms with Crippen molar-refractivity contribution in [2.45, 2.75) is 53.4 Å². The van der Waals surface area contributed by atoms with Crippen LogP contribution in [0.2, 0.25) is 0 Å². The maximum absolute atomic E-state index is 3.36. The average molecular weight is 569 g/mol. The third kappa shape index (κ3) is 8.67. The van der Waals surface area contributed by atoms with Crippen LogP contribution in [-0.4, -0.2) is 3.21 Å². The SMILES string of the molecule is CC1=[C-]C(C)C(C)=C1C.[Cl-].[Cl-].[Zr+2]=[C](c1ccccc1)c1ccccc1.c1cc2c([cH-]1)CCCC2. The number of allylic oxidation sites excluding steroid dienone is 4. The van der Waals surface area contributed by atoms with E-state index in [0.29, 0.717) is 5.92 Å². The van der Waals surface area contributed by atoms with Crippen molar-refractivity contribution in [3.63, 3.8) is 0 Å². The van der Waals surface area contributed by atoms with Gasteiger partial charge in [-0.15, -0.1) is 6.92 Å². The van der Waals surface area contributed by atoms with Gasteiger partial charge in [-0.25, -0.2) is 11.6 Å². The monoisotopic (exact) mass is 566 g/mol. The Morgan fingerprint density at radius 3 is 1.76 bits per heavy atom. The fourth-order valence-corrected chi connectivity index (χ4v) is 4.97. The molecule has 3 aromatic carbocycles. The van der Waals surface area contributed by atoms with Crippen LogP contribution in [0, 0.1) is 12.0 Å². The van der Waals surface area contributed by atoms with Crippen LogP contribution in [0.25, 0.3) is 0 Å². The van der Waals surface area contributed by atoms with E-state index in [1.165, 1.54) is 81.0 Å². The van der Waals surface area contributed by atoms with Crippen molar-refractivity contribution in [3.8, 4) is 0 Å². The molecule has 0 spiro atoms. The maximum atomic E-state index is 3.36. The first kappa shape index (κ1) is 30.6. The molecule has 3 aromatic rings. The van der Waals surface area contributed by atoms with Crippen molar-refractivity contribution in [1.29, 1.82) is 0 Å². The molecule has 0 amide bonds. The Hall–Kier alpha value is -1.40. The van der Waals surface area contributed by atoms with Gasteiger partial charge in [-0.05, 0) is 0 Å². The molecule has 0 radical (unpaired) electrons. The smallest absolute Gasteiger partial charge is 0.0512 e. The molecule has 0 aliphatic heterocycles. The molecule has 0 saturated carbocycles. The summed E-state index contributed by atoms with van der Waals surface area (Å²) in [5, 5.41) is 0. The quantitative estimate of drug-likeness (QED) is 0.414. The minimum atomic E-state index is 0. The summed E-state index contributed by atoms with van der Waals surface area (Å²) in [5.41, 5.74) is 10.1. The first-order chi connectivity index (χ1) is 15.5. The van der Waals surface area contributed by atoms with Crippen LogP contribution >= 0.6 is 0 Å². The second-order valence-electron chi connectivity index (χ2n) is 8.69. The molecule has 0 aromatic heterocycles. The van der Waals surface area contributed by atoms with Crippen LogP contribution in [0.15, 0.2) is 95.6 Å². The molecule has 1 atom stereocenters. The average Bonchev–Trinajstić information content (AvgIpc) is 3.41. The summed E-state index contributed by atoms with van der Waals surface area (Å²) in [7, 11) is 0. The summed E-state index contributed by atoms with van der Waals surface area (Å²) < 4.78 is 1.42. The van der Waals surface area contributed by atoms with Crippen LogP contribution in [0.1, 0.15) is 62.8 Å². The van der Waals surface area contributed by atoms with Crippen molar-refractivity contribution in [3.05, 3.63) is 124 Å². The van der Waals surface area contributed by atoms with Gasteiger partial charge in [-0.2, -0.15) is 34.4 Å². The number of hydrogen-bond acceptors (Lipinski definition) is 0. The number of hydrogen-bond donors (Lipinski definition) is 0. The van der Waals surface area contributed by atoms with Crippen molar-refractivity contribution in [2.75, 3.05) is 0 Å². The Kier molecular flexibility index (Phi) is 14.0. The molecule has 0 bridgehead atoms. The molecule has 2 aliphatic carbocycles. The van der Waals surface area contributed by atoms with E-state index in [4.69, 9.17) is 0 Å². The van der Waals surface area contributed by atoms with E-state index in [2.05, 4.69) is 113 Å². The Morgan fingerprint density at radius 1 is 0.824 bits per heavy atom. The fraction of sp³-hybridized carbons (Fsp3) is 0.290. The molecule has 0 N–H and O–H groups in total. The van der Waals surface area contributed by atoms with E-state index in [9.17, 15) is 0 Å². The predicted molar refractivity (Wildman–Crippen MR) is 135 cm³/mol. The van der Waals surface area contributed by atoms with Gasteiger partial charge in [-0.3, -0.25) is 6.08 Å². The number of benzene rings is 2. The number of rotatable bonds is 2. The molecule has 34 heavy (non-hydrogen) atoms. The van der Waals surface area contributed by atoms with Crippen molar-refractivity contribution >= 4 is 3.21 Å². The molecule has 5 rings (SSSR count). The summed E-state index contributed by atoms with van der Waals surface area (Å²) in [6.07, 6.45) is 8.80. The van der Waals surface area contributed by atoms with Gasteiger partial charge in [0.25, 0.3) is 0 Å². The third-order valence-corrected chi connectivity index (χ3v) is 7.93. The van der Waals surface area contributed by atoms with E-state index >= 15 is 0 Å². The van der Waals surface area contributed by atoms with Crippen LogP contribution in [0.4, 0.5) is 0 Å². The molecule has 2 aliphatic rings. The minimum absolute atomic E-state index is 0. The first-order valence-electron chi connectivity index (χ1n) is 11.7. The zero-order chi connectivity index (χ0) is 22.9. The summed E-state index contributed by atoms with van der Waals surface area (Å²) in [6.45, 7) is 8.67. The zero-order valence-electron chi connectivity index (χ0n) is 20.7. The standard InChI is InChI=1S/C13H10.C9H11.C9H13.2ClH.Zr/c1-3-7-12(8-4-1)11-13-9-5-2-6-10-13;1-2-5-9-7-3-6-8(9)4-1;1-6-5-7(2)9(4)8(6)3;;;/h1-10H;3,6-7H,1-2,4-5H2;6H,1-4H3;2*1H;/q;2*-1;;;+2/p-2. The minimum Gasteiger partial charge on any atom is -0.210 e. The molecule has 0 saturated heterocycles. The Morgan fingerprint density at radius 2 is 1.35 bits per heavy atom. The molecule has 0 nitrogen and oxygen atoms in total. The molecule has 1 unspecified atom stereocenters. The largest absolute Gasteiger partial charge is 0.210 e. The van der Waals surface area contributed by atoms with Crippen molar-refractivity contribution in [2.24, 2.45) is 5.92 Å². The van der Waals surface area contributed by atoms with E-state index in [1.807, 2.05) is 0 Å². The molecule has 178 valence electrons. The number of halogens is 2. The van der Waals surface area contributed by atoms with Gasteiger partial charge in [0.05, 0.1) is 0 Å². The summed E-state index contributed by atoms with van der Waals surface area (Å²) in [4.78, 5) is 0. The number of aryl methyl sites for hydroxylation is 2. The van der Waals surface area contributed by atoms with Gasteiger partial charge in [-0.1, -0.05) is 52.4 Å². The molecular weight excluding hydrogens is 534 g/mol. The first-order valence-corrected chi connectivity index (χ1v) is 12.9. The van der Waals surface area contributed by atoms with Gasteiger partial charge in [0.15, 0.2) is 0 Å². The van der Waals surface area contributed by atoms with Crippen LogP contribution < -0.4 is 24.8 Å². The second kappa shape index (κ2) is 15.6. The van der Waals surface area contributed by atoms with E-state index in [-0.39, 0.29) is 24.8 Å². The van der Waals surface area contributed by atoms with E-state index in [0.717, 1.165) is 0 Å². The normalized spacial score (nSPS) is 15.8. The second-order valence-corrected chi connectivity index (χ2v) is 9.92. The summed E-state index contributed by atoms with van der Waals surface area (Å²) >= 11 is 1.46. The summed E-state index contributed by atoms with van der Waals surface area (Å²) in [6, 6.07) is 27.8. The van der Waals surface area contributed by atoms with Gasteiger partial charge >= 0.3 is 99.2 Å². The van der Waals surface area contributed by atoms with Crippen LogP contribution in [0.3, 0.4) is 0 Å². The number of fused-ring (bicyclic) bond motifs is 1. The Balaban J connectivity index is 0.000000257. The Bertz CT molecular complexity index is 1010. The zero-order valence-corrected chi connectivity index (χ0v) is 24.6. The molecular formula is C31H34Cl2Zr-2. The Labute approximate surface area is 234 Å². The van der Waals surface area contributed by atoms with E-state index < -0.39 is 0 Å². The predicted octanol–water partition coefficient (Wildman–Crippen LogP) is 1.82. The van der Waals surface area contributed by atoms with E-state index in [1.54, 1.807) is 11.1 Å². The van der Waals surface area contributed by atoms with Gasteiger partial charge < -0.3 is 24.8 Å². The van der Waals surface area contributed by atoms with Gasteiger partial charge in [0.2, 0.25) is 0 Å².